The average Bonchev–Trinajstić information content (AvgIpc) is 3.90. The van der Waals surface area contributed by atoms with Gasteiger partial charge in [-0.1, -0.05) is 85.0 Å². The minimum absolute atomic E-state index is 0. The standard InChI is InChI=1S/C22H31ClN2O3S.C12H14ClNO4S.C10H19N.CH4/c1-21(2)16-9-10-22(3,14-16)20(21)24-19(26)15-7-8-17(23)18(13-15)29(27,28)25-11-5-4-6-12-25;13-10-5-4-9(12(15)16)8-11(10)19(17,18)14-6-2-1-3-7-14;1-9(2)7-4-5-10(3,6-7)8(9)11;/h7-8,13,16,20H,4-6,9-12,14H2,1-3H3,(H,24,26);4-5,8H,1-3,6-7H2,(H,15,16);7-8H,4-6,11H2,1-3H3;1H4/t16-,20?,22-;;7-,8?,10-;/m1.1./s1. The molecule has 4 N–H and O–H groups in total. The number of rotatable bonds is 7. The molecular formula is C45H68Cl2N4O7S2. The Kier molecular flexibility index (Phi) is 14.7. The zero-order valence-corrected chi connectivity index (χ0v) is 38.7. The molecule has 2 saturated heterocycles. The predicted molar refractivity (Wildman–Crippen MR) is 240 cm³/mol. The molecule has 0 radical (unpaired) electrons. The third-order valence-corrected chi connectivity index (χ3v) is 19.9. The molecule has 2 aliphatic heterocycles. The zero-order chi connectivity index (χ0) is 43.3. The van der Waals surface area contributed by atoms with E-state index in [1.807, 2.05) is 0 Å². The van der Waals surface area contributed by atoms with Crippen LogP contribution in [-0.2, 0) is 20.0 Å². The summed E-state index contributed by atoms with van der Waals surface area (Å²) in [6.07, 6.45) is 13.0. The number of hydrogen-bond donors (Lipinski definition) is 3. The van der Waals surface area contributed by atoms with E-state index in [4.69, 9.17) is 34.0 Å². The number of carbonyl (C=O) groups is 2. The monoisotopic (exact) mass is 910 g/mol. The highest BCUT2D eigenvalue weighted by Gasteiger charge is 2.60. The van der Waals surface area contributed by atoms with Gasteiger partial charge in [-0.3, -0.25) is 4.79 Å². The molecule has 0 aromatic heterocycles. The van der Waals surface area contributed by atoms with Crippen LogP contribution >= 0.6 is 23.2 Å². The van der Waals surface area contributed by atoms with Crippen LogP contribution in [0.1, 0.15) is 147 Å². The van der Waals surface area contributed by atoms with Crippen LogP contribution in [0.15, 0.2) is 46.2 Å². The lowest BCUT2D eigenvalue weighted by Gasteiger charge is -2.43. The van der Waals surface area contributed by atoms with Gasteiger partial charge >= 0.3 is 5.97 Å². The average molecular weight is 912 g/mol. The fraction of sp³-hybridized carbons (Fsp3) is 0.689. The molecule has 2 heterocycles. The van der Waals surface area contributed by atoms with Crippen molar-refractivity contribution in [2.24, 2.45) is 39.2 Å². The first-order valence-corrected chi connectivity index (χ1v) is 25.0. The second kappa shape index (κ2) is 18.1. The van der Waals surface area contributed by atoms with Crippen LogP contribution in [0.2, 0.25) is 10.0 Å². The number of carbonyl (C=O) groups excluding carboxylic acids is 1. The fourth-order valence-electron chi connectivity index (χ4n) is 11.4. The lowest BCUT2D eigenvalue weighted by Crippen LogP contribution is -2.52. The number of amides is 1. The highest BCUT2D eigenvalue weighted by Crippen LogP contribution is 2.63. The summed E-state index contributed by atoms with van der Waals surface area (Å²) < 4.78 is 53.9. The summed E-state index contributed by atoms with van der Waals surface area (Å²) in [5.41, 5.74) is 7.54. The predicted octanol–water partition coefficient (Wildman–Crippen LogP) is 9.47. The second-order valence-corrected chi connectivity index (χ2v) is 24.4. The molecule has 0 spiro atoms. The van der Waals surface area contributed by atoms with E-state index in [-0.39, 0.29) is 55.6 Å². The summed E-state index contributed by atoms with van der Waals surface area (Å²) in [6, 6.07) is 8.84. The molecule has 8 rings (SSSR count). The Morgan fingerprint density at radius 1 is 0.683 bits per heavy atom. The van der Waals surface area contributed by atoms with Gasteiger partial charge < -0.3 is 16.2 Å². The fourth-order valence-corrected chi connectivity index (χ4v) is 15.4. The van der Waals surface area contributed by atoms with Crippen LogP contribution in [-0.4, -0.2) is 80.7 Å². The van der Waals surface area contributed by atoms with Crippen LogP contribution < -0.4 is 11.1 Å². The Labute approximate surface area is 369 Å². The Morgan fingerprint density at radius 2 is 1.10 bits per heavy atom. The van der Waals surface area contributed by atoms with Crippen molar-refractivity contribution in [1.29, 1.82) is 0 Å². The minimum Gasteiger partial charge on any atom is -0.478 e. The van der Waals surface area contributed by atoms with Crippen molar-refractivity contribution in [2.75, 3.05) is 26.2 Å². The summed E-state index contributed by atoms with van der Waals surface area (Å²) in [5.74, 6) is 0.135. The molecule has 15 heteroatoms. The molecule has 2 aromatic rings. The highest BCUT2D eigenvalue weighted by atomic mass is 35.5. The Balaban J connectivity index is 0.000000188. The van der Waals surface area contributed by atoms with E-state index in [2.05, 4.69) is 46.9 Å². The van der Waals surface area contributed by atoms with Crippen LogP contribution in [0.4, 0.5) is 0 Å². The van der Waals surface area contributed by atoms with E-state index in [1.54, 1.807) is 6.07 Å². The van der Waals surface area contributed by atoms with Gasteiger partial charge in [0.15, 0.2) is 0 Å². The Morgan fingerprint density at radius 3 is 1.48 bits per heavy atom. The molecule has 6 aliphatic rings. The number of carboxylic acids is 1. The molecule has 6 fully saturated rings. The van der Waals surface area contributed by atoms with E-state index in [0.717, 1.165) is 63.4 Å². The number of hydrogen-bond acceptors (Lipinski definition) is 7. The number of piperidine rings is 2. The van der Waals surface area contributed by atoms with E-state index in [9.17, 15) is 26.4 Å². The van der Waals surface area contributed by atoms with Crippen LogP contribution in [0.5, 0.6) is 0 Å². The number of nitrogens with two attached hydrogens (primary N) is 1. The van der Waals surface area contributed by atoms with Crippen LogP contribution in [0, 0.1) is 33.5 Å². The number of aromatic carboxylic acids is 1. The van der Waals surface area contributed by atoms with Crippen molar-refractivity contribution >= 4 is 55.1 Å². The van der Waals surface area contributed by atoms with Gasteiger partial charge in [0.25, 0.3) is 5.91 Å². The topological polar surface area (TPSA) is 167 Å². The molecule has 60 heavy (non-hydrogen) atoms. The first kappa shape index (κ1) is 48.8. The van der Waals surface area contributed by atoms with Gasteiger partial charge in [-0.15, -0.1) is 0 Å². The van der Waals surface area contributed by atoms with E-state index < -0.39 is 26.0 Å². The molecule has 2 unspecified atom stereocenters. The van der Waals surface area contributed by atoms with Crippen molar-refractivity contribution in [3.63, 3.8) is 0 Å². The molecule has 4 aliphatic carbocycles. The van der Waals surface area contributed by atoms with Crippen molar-refractivity contribution in [2.45, 2.75) is 148 Å². The van der Waals surface area contributed by atoms with Gasteiger partial charge in [-0.25, -0.2) is 21.6 Å². The molecule has 336 valence electrons. The van der Waals surface area contributed by atoms with Crippen molar-refractivity contribution < 1.29 is 31.5 Å². The lowest BCUT2D eigenvalue weighted by molar-refractivity contribution is 0.0695. The first-order valence-electron chi connectivity index (χ1n) is 21.3. The quantitative estimate of drug-likeness (QED) is 0.247. The molecule has 4 bridgehead atoms. The molecule has 4 saturated carbocycles. The Hall–Kier alpha value is -2.26. The number of halogens is 2. The number of benzene rings is 2. The summed E-state index contributed by atoms with van der Waals surface area (Å²) in [4.78, 5) is 23.9. The maximum Gasteiger partial charge on any atom is 0.335 e. The van der Waals surface area contributed by atoms with E-state index >= 15 is 0 Å². The second-order valence-electron chi connectivity index (χ2n) is 19.7. The van der Waals surface area contributed by atoms with Crippen LogP contribution in [0.3, 0.4) is 0 Å². The number of nitrogens with zero attached hydrogens (tertiary/aromatic N) is 2. The van der Waals surface area contributed by atoms with Crippen molar-refractivity contribution in [3.05, 3.63) is 57.6 Å². The summed E-state index contributed by atoms with van der Waals surface area (Å²) in [6.45, 7) is 15.7. The highest BCUT2D eigenvalue weighted by molar-refractivity contribution is 7.89. The first-order chi connectivity index (χ1) is 27.4. The number of sulfonamides is 2. The third-order valence-electron chi connectivity index (χ3n) is 15.2. The SMILES string of the molecule is C.CC1(C)C(N)[C@]2(C)CC[C@@H]1C2.CC1(C)C(NC(=O)c2ccc(Cl)c(S(=O)(=O)N3CCCCC3)c2)[C@]2(C)CC[C@@H]1C2.O=C(O)c1ccc(Cl)c(S(=O)(=O)N2CCCCC2)c1. The number of carboxylic acid groups (broad SMARTS) is 1. The van der Waals surface area contributed by atoms with Gasteiger partial charge in [0.1, 0.15) is 9.79 Å². The van der Waals surface area contributed by atoms with Crippen molar-refractivity contribution in [1.82, 2.24) is 13.9 Å². The van der Waals surface area contributed by atoms with Gasteiger partial charge in [-0.2, -0.15) is 8.61 Å². The van der Waals surface area contributed by atoms with Crippen molar-refractivity contribution in [3.8, 4) is 0 Å². The van der Waals surface area contributed by atoms with Gasteiger partial charge in [-0.05, 0) is 134 Å². The third kappa shape index (κ3) is 9.34. The summed E-state index contributed by atoms with van der Waals surface area (Å²) >= 11 is 12.2. The normalized spacial score (nSPS) is 30.6. The molecule has 1 amide bonds. The van der Waals surface area contributed by atoms with Gasteiger partial charge in [0.05, 0.1) is 15.6 Å². The van der Waals surface area contributed by atoms with Gasteiger partial charge in [0.2, 0.25) is 20.0 Å². The maximum atomic E-state index is 13.1. The largest absolute Gasteiger partial charge is 0.478 e. The minimum atomic E-state index is -3.71. The summed E-state index contributed by atoms with van der Waals surface area (Å²) in [5, 5.41) is 12.4. The molecule has 2 aromatic carbocycles. The summed E-state index contributed by atoms with van der Waals surface area (Å²) in [7, 11) is -7.41. The lowest BCUT2D eigenvalue weighted by atomic mass is 9.68. The van der Waals surface area contributed by atoms with E-state index in [0.29, 0.717) is 54.5 Å². The molecular weight excluding hydrogens is 844 g/mol. The molecule has 11 nitrogen and oxygen atoms in total. The number of nitrogens with one attached hydrogen (secondary N) is 1. The van der Waals surface area contributed by atoms with Gasteiger partial charge in [0, 0.05) is 43.8 Å². The van der Waals surface area contributed by atoms with E-state index in [1.165, 1.54) is 58.6 Å². The number of fused-ring (bicyclic) bond motifs is 4. The molecule has 6 atom stereocenters. The zero-order valence-electron chi connectivity index (χ0n) is 35.5. The smallest absolute Gasteiger partial charge is 0.335 e. The van der Waals surface area contributed by atoms with Crippen LogP contribution in [0.25, 0.3) is 0 Å². The maximum absolute atomic E-state index is 13.1. The Bertz CT molecular complexity index is 2130.